The lowest BCUT2D eigenvalue weighted by Gasteiger charge is -2.18. The molecule has 0 spiro atoms. The van der Waals surface area contributed by atoms with Crippen LogP contribution in [0, 0.1) is 11.8 Å². The van der Waals surface area contributed by atoms with Crippen LogP contribution in [0.25, 0.3) is 0 Å². The third-order valence-corrected chi connectivity index (χ3v) is 2.21. The van der Waals surface area contributed by atoms with Crippen LogP contribution in [0.15, 0.2) is 0 Å². The van der Waals surface area contributed by atoms with Gasteiger partial charge < -0.3 is 14.7 Å². The normalized spacial score (nSPS) is 15.5. The standard InChI is InChI=1S/C13H29NO3/c1-10(2)6-12(5)16-9-13(15)7-14-17-8-11(3)4/h10-15H,6-9H2,1-5H3. The van der Waals surface area contributed by atoms with E-state index in [4.69, 9.17) is 9.57 Å². The second kappa shape index (κ2) is 9.83. The Balaban J connectivity index is 3.42. The summed E-state index contributed by atoms with van der Waals surface area (Å²) >= 11 is 0. The average Bonchev–Trinajstić information content (AvgIpc) is 2.20. The molecule has 4 nitrogen and oxygen atoms in total. The van der Waals surface area contributed by atoms with E-state index in [-0.39, 0.29) is 6.10 Å². The largest absolute Gasteiger partial charge is 0.389 e. The van der Waals surface area contributed by atoms with E-state index >= 15 is 0 Å². The van der Waals surface area contributed by atoms with E-state index in [2.05, 4.69) is 33.2 Å². The van der Waals surface area contributed by atoms with Crippen molar-refractivity contribution < 1.29 is 14.7 Å². The summed E-state index contributed by atoms with van der Waals surface area (Å²) < 4.78 is 5.55. The van der Waals surface area contributed by atoms with Gasteiger partial charge in [0.15, 0.2) is 0 Å². The molecule has 0 amide bonds. The van der Waals surface area contributed by atoms with Crippen molar-refractivity contribution in [3.8, 4) is 0 Å². The summed E-state index contributed by atoms with van der Waals surface area (Å²) in [5.74, 6) is 1.11. The summed E-state index contributed by atoms with van der Waals surface area (Å²) in [4.78, 5) is 5.17. The zero-order valence-corrected chi connectivity index (χ0v) is 11.9. The van der Waals surface area contributed by atoms with Crippen LogP contribution in [0.1, 0.15) is 41.0 Å². The highest BCUT2D eigenvalue weighted by atomic mass is 16.6. The minimum absolute atomic E-state index is 0.196. The average molecular weight is 247 g/mol. The lowest BCUT2D eigenvalue weighted by molar-refractivity contribution is -0.0402. The molecule has 104 valence electrons. The van der Waals surface area contributed by atoms with E-state index in [1.54, 1.807) is 0 Å². The van der Waals surface area contributed by atoms with Gasteiger partial charge in [0, 0.05) is 6.54 Å². The lowest BCUT2D eigenvalue weighted by atomic mass is 10.1. The molecule has 0 aromatic rings. The van der Waals surface area contributed by atoms with Crippen LogP contribution in [0.4, 0.5) is 0 Å². The number of hydroxylamine groups is 1. The van der Waals surface area contributed by atoms with Crippen LogP contribution < -0.4 is 5.48 Å². The highest BCUT2D eigenvalue weighted by Crippen LogP contribution is 2.07. The molecule has 0 aliphatic heterocycles. The molecule has 0 aliphatic carbocycles. The number of hydrogen-bond acceptors (Lipinski definition) is 4. The van der Waals surface area contributed by atoms with Gasteiger partial charge in [-0.05, 0) is 25.2 Å². The van der Waals surface area contributed by atoms with Gasteiger partial charge in [0.2, 0.25) is 0 Å². The van der Waals surface area contributed by atoms with Gasteiger partial charge in [0.1, 0.15) is 0 Å². The summed E-state index contributed by atoms with van der Waals surface area (Å²) in [5.41, 5.74) is 2.75. The summed E-state index contributed by atoms with van der Waals surface area (Å²) in [6, 6.07) is 0. The number of nitrogens with one attached hydrogen (secondary N) is 1. The quantitative estimate of drug-likeness (QED) is 0.458. The zero-order chi connectivity index (χ0) is 13.3. The van der Waals surface area contributed by atoms with Crippen molar-refractivity contribution >= 4 is 0 Å². The monoisotopic (exact) mass is 247 g/mol. The summed E-state index contributed by atoms with van der Waals surface area (Å²) in [7, 11) is 0. The maximum Gasteiger partial charge on any atom is 0.0921 e. The molecule has 0 saturated carbocycles. The van der Waals surface area contributed by atoms with Gasteiger partial charge in [-0.25, -0.2) is 0 Å². The first-order chi connectivity index (χ1) is 7.91. The number of ether oxygens (including phenoxy) is 1. The molecule has 17 heavy (non-hydrogen) atoms. The Bertz CT molecular complexity index is 174. The van der Waals surface area contributed by atoms with Crippen molar-refractivity contribution in [1.82, 2.24) is 5.48 Å². The van der Waals surface area contributed by atoms with Crippen LogP contribution in [0.5, 0.6) is 0 Å². The van der Waals surface area contributed by atoms with Gasteiger partial charge in [0.25, 0.3) is 0 Å². The van der Waals surface area contributed by atoms with Gasteiger partial charge in [0.05, 0.1) is 25.4 Å². The molecule has 2 unspecified atom stereocenters. The summed E-state index contributed by atoms with van der Waals surface area (Å²) in [6.07, 6.45) is 0.697. The van der Waals surface area contributed by atoms with Gasteiger partial charge >= 0.3 is 0 Å². The lowest BCUT2D eigenvalue weighted by Crippen LogP contribution is -2.32. The Morgan fingerprint density at radius 1 is 1.00 bits per heavy atom. The molecule has 0 aromatic heterocycles. The highest BCUT2D eigenvalue weighted by molar-refractivity contribution is 4.58. The Hall–Kier alpha value is -0.160. The van der Waals surface area contributed by atoms with Crippen molar-refractivity contribution in [3.05, 3.63) is 0 Å². The van der Waals surface area contributed by atoms with E-state index in [1.165, 1.54) is 0 Å². The van der Waals surface area contributed by atoms with E-state index in [0.29, 0.717) is 31.6 Å². The minimum Gasteiger partial charge on any atom is -0.389 e. The molecule has 0 aromatic carbocycles. The van der Waals surface area contributed by atoms with Gasteiger partial charge in [-0.2, -0.15) is 5.48 Å². The molecule has 2 atom stereocenters. The molecule has 0 saturated heterocycles. The maximum atomic E-state index is 9.63. The van der Waals surface area contributed by atoms with Crippen molar-refractivity contribution in [2.45, 2.75) is 53.2 Å². The molecule has 2 N–H and O–H groups in total. The number of aliphatic hydroxyl groups excluding tert-OH is 1. The summed E-state index contributed by atoms with van der Waals surface area (Å²) in [5, 5.41) is 9.63. The molecule has 4 heteroatoms. The number of rotatable bonds is 10. The topological polar surface area (TPSA) is 50.7 Å². The first-order valence-corrected chi connectivity index (χ1v) is 6.56. The van der Waals surface area contributed by atoms with Crippen molar-refractivity contribution in [3.63, 3.8) is 0 Å². The van der Waals surface area contributed by atoms with Gasteiger partial charge in [-0.3, -0.25) is 0 Å². The van der Waals surface area contributed by atoms with Crippen LogP contribution in [0.2, 0.25) is 0 Å². The van der Waals surface area contributed by atoms with E-state index in [0.717, 1.165) is 6.42 Å². The molecule has 0 fully saturated rings. The predicted octanol–water partition coefficient (Wildman–Crippen LogP) is 1.98. The second-order valence-corrected chi connectivity index (χ2v) is 5.48. The van der Waals surface area contributed by atoms with Crippen LogP contribution in [-0.2, 0) is 9.57 Å². The van der Waals surface area contributed by atoms with Gasteiger partial charge in [-0.15, -0.1) is 0 Å². The molecule has 0 bridgehead atoms. The molecular formula is C13H29NO3. The molecule has 0 heterocycles. The third-order valence-electron chi connectivity index (χ3n) is 2.21. The number of hydrogen-bond donors (Lipinski definition) is 2. The predicted molar refractivity (Wildman–Crippen MR) is 69.7 cm³/mol. The SMILES string of the molecule is CC(C)CONCC(O)COC(C)CC(C)C. The first-order valence-electron chi connectivity index (χ1n) is 6.56. The Morgan fingerprint density at radius 3 is 2.18 bits per heavy atom. The zero-order valence-electron chi connectivity index (χ0n) is 11.9. The van der Waals surface area contributed by atoms with Crippen LogP contribution in [-0.4, -0.2) is 37.1 Å². The molecule has 0 rings (SSSR count). The fourth-order valence-electron chi connectivity index (χ4n) is 1.45. The Morgan fingerprint density at radius 2 is 1.65 bits per heavy atom. The number of aliphatic hydroxyl groups is 1. The van der Waals surface area contributed by atoms with E-state index in [9.17, 15) is 5.11 Å². The highest BCUT2D eigenvalue weighted by Gasteiger charge is 2.09. The van der Waals surface area contributed by atoms with Crippen LogP contribution >= 0.6 is 0 Å². The van der Waals surface area contributed by atoms with Gasteiger partial charge in [-0.1, -0.05) is 27.7 Å². The summed E-state index contributed by atoms with van der Waals surface area (Å²) in [6.45, 7) is 11.9. The Labute approximate surface area is 106 Å². The maximum absolute atomic E-state index is 9.63. The van der Waals surface area contributed by atoms with Crippen molar-refractivity contribution in [1.29, 1.82) is 0 Å². The second-order valence-electron chi connectivity index (χ2n) is 5.48. The first kappa shape index (κ1) is 16.8. The minimum atomic E-state index is -0.517. The smallest absolute Gasteiger partial charge is 0.0921 e. The fraction of sp³-hybridized carbons (Fsp3) is 1.00. The fourth-order valence-corrected chi connectivity index (χ4v) is 1.45. The molecular weight excluding hydrogens is 218 g/mol. The van der Waals surface area contributed by atoms with E-state index in [1.807, 2.05) is 6.92 Å². The van der Waals surface area contributed by atoms with Crippen molar-refractivity contribution in [2.75, 3.05) is 19.8 Å². The van der Waals surface area contributed by atoms with Crippen LogP contribution in [0.3, 0.4) is 0 Å². The Kier molecular flexibility index (Phi) is 9.74. The molecule has 0 aliphatic rings. The van der Waals surface area contributed by atoms with Crippen molar-refractivity contribution in [2.24, 2.45) is 11.8 Å². The molecule has 0 radical (unpaired) electrons. The third kappa shape index (κ3) is 12.1. The van der Waals surface area contributed by atoms with E-state index < -0.39 is 6.10 Å².